The smallest absolute Gasteiger partial charge is 0.365 e. The maximum Gasteiger partial charge on any atom is 0.408 e. The van der Waals surface area contributed by atoms with Crippen LogP contribution in [0, 0.1) is 6.92 Å². The first kappa shape index (κ1) is 22.3. The number of anilines is 3. The quantitative estimate of drug-likeness (QED) is 0.502. The van der Waals surface area contributed by atoms with Gasteiger partial charge in [-0.25, -0.2) is 4.98 Å². The molecule has 0 aliphatic carbocycles. The van der Waals surface area contributed by atoms with E-state index < -0.39 is 12.7 Å². The van der Waals surface area contributed by atoms with Gasteiger partial charge in [0.2, 0.25) is 5.95 Å². The highest BCUT2D eigenvalue weighted by atomic mass is 35.5. The van der Waals surface area contributed by atoms with Crippen LogP contribution in [-0.4, -0.2) is 38.9 Å². The van der Waals surface area contributed by atoms with E-state index in [-0.39, 0.29) is 16.9 Å². The van der Waals surface area contributed by atoms with Crippen LogP contribution in [0.4, 0.5) is 30.6 Å². The molecule has 0 fully saturated rings. The predicted molar refractivity (Wildman–Crippen MR) is 111 cm³/mol. The van der Waals surface area contributed by atoms with Crippen molar-refractivity contribution in [3.8, 4) is 0 Å². The van der Waals surface area contributed by atoms with Crippen LogP contribution in [0.2, 0.25) is 5.02 Å². The first-order valence-corrected chi connectivity index (χ1v) is 9.47. The summed E-state index contributed by atoms with van der Waals surface area (Å²) in [7, 11) is 1.56. The molecule has 164 valence electrons. The molecule has 2 aromatic heterocycles. The number of rotatable bonds is 7. The van der Waals surface area contributed by atoms with Crippen molar-refractivity contribution in [3.63, 3.8) is 0 Å². The van der Waals surface area contributed by atoms with Crippen LogP contribution in [0.1, 0.15) is 21.6 Å². The average Bonchev–Trinajstić information content (AvgIpc) is 3.05. The number of aromatic nitrogens is 4. The van der Waals surface area contributed by atoms with E-state index >= 15 is 0 Å². The fourth-order valence-electron chi connectivity index (χ4n) is 2.68. The minimum Gasteiger partial charge on any atom is -0.365 e. The topological polar surface area (TPSA) is 96.8 Å². The lowest BCUT2D eigenvalue weighted by Gasteiger charge is -2.10. The van der Waals surface area contributed by atoms with Gasteiger partial charge in [0.1, 0.15) is 11.6 Å². The minimum atomic E-state index is -4.37. The van der Waals surface area contributed by atoms with E-state index in [9.17, 15) is 18.0 Å². The van der Waals surface area contributed by atoms with Crippen molar-refractivity contribution in [3.05, 3.63) is 58.5 Å². The van der Waals surface area contributed by atoms with Gasteiger partial charge in [0.15, 0.2) is 5.82 Å². The van der Waals surface area contributed by atoms with Crippen molar-refractivity contribution in [2.75, 3.05) is 17.7 Å². The van der Waals surface area contributed by atoms with E-state index in [1.807, 2.05) is 0 Å². The second-order valence-corrected chi connectivity index (χ2v) is 6.99. The monoisotopic (exact) mass is 453 g/mol. The van der Waals surface area contributed by atoms with Crippen LogP contribution in [-0.2, 0) is 13.1 Å². The number of amides is 1. The predicted octanol–water partition coefficient (Wildman–Crippen LogP) is 3.91. The van der Waals surface area contributed by atoms with E-state index in [0.29, 0.717) is 29.3 Å². The summed E-state index contributed by atoms with van der Waals surface area (Å²) >= 11 is 6.15. The SMILES string of the molecule is CNC(=O)c1ccc(CNc2nc(Nc3cn(CC(F)(F)F)nc3C)ncc2Cl)cc1. The van der Waals surface area contributed by atoms with Gasteiger partial charge >= 0.3 is 6.18 Å². The molecule has 12 heteroatoms. The third-order valence-corrected chi connectivity index (χ3v) is 4.46. The Labute approximate surface area is 180 Å². The van der Waals surface area contributed by atoms with Gasteiger partial charge in [-0.05, 0) is 24.6 Å². The van der Waals surface area contributed by atoms with Gasteiger partial charge in [-0.3, -0.25) is 9.48 Å². The lowest BCUT2D eigenvalue weighted by molar-refractivity contribution is -0.142. The van der Waals surface area contributed by atoms with Gasteiger partial charge in [-0.15, -0.1) is 0 Å². The van der Waals surface area contributed by atoms with E-state index in [0.717, 1.165) is 10.2 Å². The summed E-state index contributed by atoms with van der Waals surface area (Å²) in [5.41, 5.74) is 2.15. The molecule has 3 N–H and O–H groups in total. The highest BCUT2D eigenvalue weighted by Gasteiger charge is 2.28. The molecule has 0 unspecified atom stereocenters. The minimum absolute atomic E-state index is 0.150. The van der Waals surface area contributed by atoms with Crippen molar-refractivity contribution in [1.82, 2.24) is 25.1 Å². The lowest BCUT2D eigenvalue weighted by atomic mass is 10.1. The van der Waals surface area contributed by atoms with Gasteiger partial charge in [0.25, 0.3) is 5.91 Å². The molecule has 0 aliphatic rings. The maximum absolute atomic E-state index is 12.6. The molecule has 2 heterocycles. The average molecular weight is 454 g/mol. The van der Waals surface area contributed by atoms with Crippen LogP contribution in [0.5, 0.6) is 0 Å². The Morgan fingerprint density at radius 2 is 1.94 bits per heavy atom. The fraction of sp³-hybridized carbons (Fsp3) is 0.263. The van der Waals surface area contributed by atoms with Gasteiger partial charge < -0.3 is 16.0 Å². The standard InChI is InChI=1S/C19H19ClF3N7O/c1-11-15(9-30(29-11)10-19(21,22)23)27-18-26-8-14(20)16(28-18)25-7-12-3-5-13(6-4-12)17(31)24-2/h3-6,8-9H,7,10H2,1-2H3,(H,24,31)(H2,25,26,27,28). The second kappa shape index (κ2) is 9.21. The summed E-state index contributed by atoms with van der Waals surface area (Å²) in [5, 5.41) is 12.6. The van der Waals surface area contributed by atoms with Crippen molar-refractivity contribution in [1.29, 1.82) is 0 Å². The van der Waals surface area contributed by atoms with Crippen molar-refractivity contribution >= 4 is 35.0 Å². The Bertz CT molecular complexity index is 1070. The number of alkyl halides is 3. The van der Waals surface area contributed by atoms with Crippen molar-refractivity contribution in [2.45, 2.75) is 26.2 Å². The summed E-state index contributed by atoms with van der Waals surface area (Å²) in [5.74, 6) is 0.314. The highest BCUT2D eigenvalue weighted by Crippen LogP contribution is 2.24. The zero-order chi connectivity index (χ0) is 22.6. The number of carbonyl (C=O) groups is 1. The van der Waals surface area contributed by atoms with E-state index in [1.54, 1.807) is 38.2 Å². The molecule has 0 bridgehead atoms. The molecule has 0 aliphatic heterocycles. The molecular formula is C19H19ClF3N7O. The number of nitrogens with zero attached hydrogens (tertiary/aromatic N) is 4. The van der Waals surface area contributed by atoms with E-state index in [4.69, 9.17) is 11.6 Å². The summed E-state index contributed by atoms with van der Waals surface area (Å²) in [4.78, 5) is 19.9. The molecule has 8 nitrogen and oxygen atoms in total. The second-order valence-electron chi connectivity index (χ2n) is 6.59. The molecule has 3 aromatic rings. The highest BCUT2D eigenvalue weighted by molar-refractivity contribution is 6.32. The van der Waals surface area contributed by atoms with E-state index in [2.05, 4.69) is 31.0 Å². The first-order chi connectivity index (χ1) is 14.6. The van der Waals surface area contributed by atoms with Gasteiger partial charge in [-0.1, -0.05) is 23.7 Å². The number of hydrogen-bond donors (Lipinski definition) is 3. The van der Waals surface area contributed by atoms with Crippen molar-refractivity contribution in [2.24, 2.45) is 0 Å². The molecule has 0 spiro atoms. The zero-order valence-electron chi connectivity index (χ0n) is 16.6. The zero-order valence-corrected chi connectivity index (χ0v) is 17.3. The molecule has 0 radical (unpaired) electrons. The number of benzene rings is 1. The number of hydrogen-bond acceptors (Lipinski definition) is 6. The molecule has 0 saturated heterocycles. The van der Waals surface area contributed by atoms with Gasteiger partial charge in [0.05, 0.1) is 17.6 Å². The van der Waals surface area contributed by atoms with Gasteiger partial charge in [-0.2, -0.15) is 23.3 Å². The molecular weight excluding hydrogens is 435 g/mol. The number of carbonyl (C=O) groups excluding carboxylic acids is 1. The summed E-state index contributed by atoms with van der Waals surface area (Å²) in [6.07, 6.45) is -1.76. The molecule has 1 aromatic carbocycles. The Morgan fingerprint density at radius 3 is 2.58 bits per heavy atom. The molecule has 3 rings (SSSR count). The lowest BCUT2D eigenvalue weighted by Crippen LogP contribution is -2.17. The molecule has 0 atom stereocenters. The molecule has 31 heavy (non-hydrogen) atoms. The number of nitrogens with one attached hydrogen (secondary N) is 3. The van der Waals surface area contributed by atoms with Gasteiger partial charge in [0, 0.05) is 25.4 Å². The Morgan fingerprint density at radius 1 is 1.23 bits per heavy atom. The molecule has 0 saturated carbocycles. The third-order valence-electron chi connectivity index (χ3n) is 4.18. The Balaban J connectivity index is 1.69. The number of halogens is 4. The largest absolute Gasteiger partial charge is 0.408 e. The molecule has 1 amide bonds. The van der Waals surface area contributed by atoms with Crippen LogP contribution in [0.15, 0.2) is 36.7 Å². The van der Waals surface area contributed by atoms with Crippen LogP contribution < -0.4 is 16.0 Å². The normalized spacial score (nSPS) is 11.3. The first-order valence-electron chi connectivity index (χ1n) is 9.10. The van der Waals surface area contributed by atoms with Crippen LogP contribution in [0.3, 0.4) is 0 Å². The summed E-state index contributed by atoms with van der Waals surface area (Å²) in [6.45, 7) is 0.766. The van der Waals surface area contributed by atoms with Crippen LogP contribution in [0.25, 0.3) is 0 Å². The van der Waals surface area contributed by atoms with E-state index in [1.165, 1.54) is 12.4 Å². The Hall–Kier alpha value is -3.34. The fourth-order valence-corrected chi connectivity index (χ4v) is 2.84. The number of aryl methyl sites for hydroxylation is 1. The summed E-state index contributed by atoms with van der Waals surface area (Å²) in [6, 6.07) is 6.99. The van der Waals surface area contributed by atoms with Crippen molar-refractivity contribution < 1.29 is 18.0 Å². The third kappa shape index (κ3) is 6.07. The summed E-state index contributed by atoms with van der Waals surface area (Å²) < 4.78 is 38.5. The Kier molecular flexibility index (Phi) is 6.64. The maximum atomic E-state index is 12.6. The van der Waals surface area contributed by atoms with Crippen LogP contribution >= 0.6 is 11.6 Å².